The lowest BCUT2D eigenvalue weighted by molar-refractivity contribution is -0.177. The zero-order valence-electron chi connectivity index (χ0n) is 32.1. The van der Waals surface area contributed by atoms with Gasteiger partial charge in [0.25, 0.3) is 19.4 Å². The number of carboxylic acids is 12. The number of benzene rings is 1. The minimum absolute atomic E-state index is 0.0737. The predicted molar refractivity (Wildman–Crippen MR) is 192 cm³/mol. The van der Waals surface area contributed by atoms with Gasteiger partial charge in [0.1, 0.15) is 25.0 Å². The molecule has 0 spiro atoms. The van der Waals surface area contributed by atoms with Crippen LogP contribution in [0.1, 0.15) is 56.8 Å². The van der Waals surface area contributed by atoms with Gasteiger partial charge in [0, 0.05) is 6.08 Å². The Hall–Kier alpha value is -9.07. The third kappa shape index (κ3) is 31.5. The number of aliphatic hydroxyl groups excluding tert-OH is 1. The van der Waals surface area contributed by atoms with E-state index in [1.165, 1.54) is 0 Å². The summed E-state index contributed by atoms with van der Waals surface area (Å²) in [6.07, 6.45) is -4.78. The highest BCUT2D eigenvalue weighted by Crippen LogP contribution is 2.13. The van der Waals surface area contributed by atoms with Crippen molar-refractivity contribution in [3.63, 3.8) is 0 Å². The molecule has 0 saturated carbocycles. The summed E-state index contributed by atoms with van der Waals surface area (Å²) in [5, 5.41) is 118. The Morgan fingerprint density at radius 2 is 1.00 bits per heavy atom. The molecule has 1 aromatic carbocycles. The Morgan fingerprint density at radius 1 is 0.569 bits per heavy atom. The summed E-state index contributed by atoms with van der Waals surface area (Å²) in [6.45, 7) is -1.45. The van der Waals surface area contributed by atoms with Gasteiger partial charge >= 0.3 is 71.6 Å². The van der Waals surface area contributed by atoms with E-state index in [1.54, 1.807) is 0 Å². The van der Waals surface area contributed by atoms with E-state index in [9.17, 15) is 71.9 Å². The molecule has 32 heteroatoms. The van der Waals surface area contributed by atoms with Crippen molar-refractivity contribution in [2.75, 3.05) is 13.2 Å². The van der Waals surface area contributed by atoms with E-state index in [1.807, 2.05) is 0 Å². The van der Waals surface area contributed by atoms with Gasteiger partial charge in [0.05, 0.1) is 47.9 Å². The molecular formula is C33H36O32. The van der Waals surface area contributed by atoms with Gasteiger partial charge in [-0.05, 0) is 18.2 Å². The number of carbonyl (C=O) groups is 15. The normalized spacial score (nSPS) is 12.1. The Bertz CT molecular complexity index is 1870. The van der Waals surface area contributed by atoms with Crippen molar-refractivity contribution < 1.29 is 158 Å². The second-order valence-corrected chi connectivity index (χ2v) is 11.1. The van der Waals surface area contributed by atoms with E-state index in [0.29, 0.717) is 6.08 Å². The number of carboxylic acid groups (broad SMARTS) is 12. The van der Waals surface area contributed by atoms with Crippen LogP contribution in [-0.4, -0.2) is 188 Å². The number of aliphatic carboxylic acids is 9. The molecule has 0 aliphatic heterocycles. The highest BCUT2D eigenvalue weighted by atomic mass is 16.6. The van der Waals surface area contributed by atoms with Crippen LogP contribution in [0.25, 0.3) is 0 Å². The fourth-order valence-electron chi connectivity index (χ4n) is 3.34. The predicted octanol–water partition coefficient (Wildman–Crippen LogP) is -3.22. The Balaban J connectivity index is -0.000000359. The lowest BCUT2D eigenvalue weighted by atomic mass is 10.0. The fourth-order valence-corrected chi connectivity index (χ4v) is 3.34. The topological polar surface area (TPSA) is 567 Å². The van der Waals surface area contributed by atoms with E-state index < -0.39 is 140 Å². The maximum atomic E-state index is 10.6. The van der Waals surface area contributed by atoms with Crippen LogP contribution in [0.2, 0.25) is 0 Å². The van der Waals surface area contributed by atoms with Crippen LogP contribution >= 0.6 is 0 Å². The first-order chi connectivity index (χ1) is 29.8. The molecule has 0 aliphatic carbocycles. The highest BCUT2D eigenvalue weighted by molar-refractivity contribution is 5.99. The van der Waals surface area contributed by atoms with Gasteiger partial charge in [-0.2, -0.15) is 0 Å². The molecule has 0 bridgehead atoms. The van der Waals surface area contributed by atoms with Gasteiger partial charge < -0.3 is 85.7 Å². The zero-order chi connectivity index (χ0) is 51.8. The third-order valence-corrected chi connectivity index (χ3v) is 6.21. The van der Waals surface area contributed by atoms with Crippen molar-refractivity contribution >= 4 is 91.0 Å². The molecule has 360 valence electrons. The minimum atomic E-state index is -2.56. The molecule has 32 nitrogen and oxygen atoms in total. The molecular weight excluding hydrogens is 908 g/mol. The zero-order valence-corrected chi connectivity index (χ0v) is 32.1. The van der Waals surface area contributed by atoms with E-state index in [2.05, 4.69) is 14.2 Å². The molecule has 0 heterocycles. The van der Waals surface area contributed by atoms with Crippen LogP contribution in [0.3, 0.4) is 0 Å². The first-order valence-electron chi connectivity index (χ1n) is 16.0. The van der Waals surface area contributed by atoms with Crippen molar-refractivity contribution in [1.82, 2.24) is 0 Å². The van der Waals surface area contributed by atoms with Gasteiger partial charge in [0.15, 0.2) is 0 Å². The van der Waals surface area contributed by atoms with Crippen LogP contribution in [0.15, 0.2) is 29.8 Å². The molecule has 0 aliphatic rings. The van der Waals surface area contributed by atoms with Crippen LogP contribution < -0.4 is 0 Å². The summed E-state index contributed by atoms with van der Waals surface area (Å²) in [5.74, 6) is -20.1. The van der Waals surface area contributed by atoms with Gasteiger partial charge in [-0.1, -0.05) is 0 Å². The maximum absolute atomic E-state index is 10.6. The molecule has 0 aromatic heterocycles. The first-order valence-corrected chi connectivity index (χ1v) is 16.0. The van der Waals surface area contributed by atoms with Crippen molar-refractivity contribution in [3.8, 4) is 0 Å². The average Bonchev–Trinajstić information content (AvgIpc) is 3.17. The quantitative estimate of drug-likeness (QED) is 0.0198. The Morgan fingerprint density at radius 3 is 1.26 bits per heavy atom. The molecule has 65 heavy (non-hydrogen) atoms. The van der Waals surface area contributed by atoms with Crippen LogP contribution in [0, 0.1) is 11.8 Å². The second-order valence-electron chi connectivity index (χ2n) is 11.1. The lowest BCUT2D eigenvalue weighted by Crippen LogP contribution is -2.45. The van der Waals surface area contributed by atoms with E-state index in [0.717, 1.165) is 18.2 Å². The standard InChI is InChI=1S/C9H6O6.2C6H8O7.C6H8O6.C6H6O6/c10-7(11)4-1-5(8(12)13)3-6(2-4)9(14)15;7-3-13-2-6(12,5(10)11)1-4(8)9;7-2-13-6(12)3(5(10)11)1-4(8)9;7-3-12-2-4(6(10)11)1-5(8)9;7-4(8)1-3(6(11)12)2-5(9)10/h1-3H,(H,10,11)(H,12,13)(H,14,15);3,12H,1-2H2,(H,8,9)(H,10,11);2-3,6,12H,1H2,(H,8,9)(H,10,11);3-4H,1-2H2,(H,8,9)(H,10,11);1H,2H2,(H,7,8)(H,9,10)(H,11,12)/b;;;;3-1-. The first kappa shape index (κ1) is 62.6. The molecule has 0 amide bonds. The summed E-state index contributed by atoms with van der Waals surface area (Å²) < 4.78 is 12.0. The maximum Gasteiger partial charge on any atom is 0.339 e. The molecule has 4 atom stereocenters. The van der Waals surface area contributed by atoms with Gasteiger partial charge in [-0.3, -0.25) is 43.2 Å². The molecule has 14 N–H and O–H groups in total. The third-order valence-electron chi connectivity index (χ3n) is 6.21. The smallest absolute Gasteiger partial charge is 0.339 e. The van der Waals surface area contributed by atoms with E-state index in [-0.39, 0.29) is 36.1 Å². The number of carbonyl (C=O) groups excluding carboxylic acids is 3. The van der Waals surface area contributed by atoms with Gasteiger partial charge in [-0.25, -0.2) is 28.8 Å². The number of hydrogen-bond acceptors (Lipinski definition) is 20. The summed E-state index contributed by atoms with van der Waals surface area (Å²) in [6, 6.07) is 2.70. The SMILES string of the molecule is O=C(O)/C=C(/CC(=O)O)C(=O)O.O=C(O)c1cc(C(=O)O)cc(C(=O)O)c1.O=COC(O)C(CC(=O)O)C(=O)O.O=COCC(CC(=O)O)C(=O)O.O=COCC(O)(CC(=O)O)C(=O)O. The molecule has 1 aromatic rings. The Labute approximate surface area is 358 Å². The average molecular weight is 945 g/mol. The summed E-state index contributed by atoms with van der Waals surface area (Å²) in [5.41, 5.74) is -4.32. The minimum Gasteiger partial charge on any atom is -0.481 e. The second kappa shape index (κ2) is 32.7. The van der Waals surface area contributed by atoms with Crippen LogP contribution in [-0.2, 0) is 71.7 Å². The molecule has 4 unspecified atom stereocenters. The highest BCUT2D eigenvalue weighted by Gasteiger charge is 2.39. The molecule has 0 saturated heterocycles. The van der Waals surface area contributed by atoms with Crippen molar-refractivity contribution in [2.24, 2.45) is 11.8 Å². The number of aliphatic hydroxyl groups is 2. The molecule has 0 fully saturated rings. The van der Waals surface area contributed by atoms with Gasteiger partial charge in [-0.15, -0.1) is 0 Å². The number of rotatable bonds is 25. The lowest BCUT2D eigenvalue weighted by Gasteiger charge is -2.19. The van der Waals surface area contributed by atoms with Crippen molar-refractivity contribution in [3.05, 3.63) is 46.5 Å². The Kier molecular flexibility index (Phi) is 31.5. The largest absolute Gasteiger partial charge is 0.481 e. The fraction of sp³-hybridized carbons (Fsp3) is 0.303. The summed E-state index contributed by atoms with van der Waals surface area (Å²) in [7, 11) is 0. The summed E-state index contributed by atoms with van der Waals surface area (Å²) in [4.78, 5) is 152. The number of aromatic carboxylic acids is 3. The van der Waals surface area contributed by atoms with E-state index in [4.69, 9.17) is 71.5 Å². The summed E-state index contributed by atoms with van der Waals surface area (Å²) >= 11 is 0. The molecule has 1 rings (SSSR count). The van der Waals surface area contributed by atoms with Crippen LogP contribution in [0.5, 0.6) is 0 Å². The number of hydrogen-bond donors (Lipinski definition) is 14. The molecule has 0 radical (unpaired) electrons. The van der Waals surface area contributed by atoms with Crippen molar-refractivity contribution in [1.29, 1.82) is 0 Å². The van der Waals surface area contributed by atoms with Gasteiger partial charge in [0.2, 0.25) is 11.9 Å². The number of ether oxygens (including phenoxy) is 3. The van der Waals surface area contributed by atoms with Crippen LogP contribution in [0.4, 0.5) is 0 Å². The van der Waals surface area contributed by atoms with E-state index >= 15 is 0 Å². The van der Waals surface area contributed by atoms with Crippen molar-refractivity contribution in [2.45, 2.75) is 37.6 Å². The monoisotopic (exact) mass is 944 g/mol.